The lowest BCUT2D eigenvalue weighted by Gasteiger charge is -2.18. The minimum atomic E-state index is -0.398. The van der Waals surface area contributed by atoms with Gasteiger partial charge in [0.2, 0.25) is 5.91 Å². The van der Waals surface area contributed by atoms with Gasteiger partial charge in [-0.05, 0) is 63.8 Å². The molecule has 6 nitrogen and oxygen atoms in total. The Bertz CT molecular complexity index is 1170. The molecule has 0 bridgehead atoms. The van der Waals surface area contributed by atoms with E-state index in [2.05, 4.69) is 5.32 Å². The number of aromatic nitrogens is 2. The van der Waals surface area contributed by atoms with Gasteiger partial charge in [0, 0.05) is 25.1 Å². The zero-order chi connectivity index (χ0) is 22.7. The molecule has 3 aromatic rings. The molecule has 0 aliphatic heterocycles. The van der Waals surface area contributed by atoms with Crippen LogP contribution in [-0.2, 0) is 9.53 Å². The molecule has 0 aliphatic carbocycles. The van der Waals surface area contributed by atoms with Crippen molar-refractivity contribution in [2.75, 3.05) is 20.3 Å². The summed E-state index contributed by atoms with van der Waals surface area (Å²) in [7, 11) is 1.64. The summed E-state index contributed by atoms with van der Waals surface area (Å²) in [5.74, 6) is -0.0819. The molecule has 3 rings (SSSR count). The number of nitrogens with one attached hydrogen (secondary N) is 1. The van der Waals surface area contributed by atoms with Crippen molar-refractivity contribution in [3.8, 4) is 5.69 Å². The average molecular weight is 460 g/mol. The predicted molar refractivity (Wildman–Crippen MR) is 129 cm³/mol. The molecule has 0 aliphatic rings. The van der Waals surface area contributed by atoms with Gasteiger partial charge in [-0.25, -0.2) is 4.98 Å². The van der Waals surface area contributed by atoms with E-state index in [9.17, 15) is 9.59 Å². The molecule has 1 unspecified atom stereocenters. The van der Waals surface area contributed by atoms with Gasteiger partial charge in [0.15, 0.2) is 5.16 Å². The molecule has 2 aromatic heterocycles. The minimum Gasteiger partial charge on any atom is -0.385 e. The summed E-state index contributed by atoms with van der Waals surface area (Å²) in [5.41, 5.74) is 3.81. The van der Waals surface area contributed by atoms with Crippen molar-refractivity contribution in [3.05, 3.63) is 50.1 Å². The first-order valence-electron chi connectivity index (χ1n) is 10.3. The van der Waals surface area contributed by atoms with Crippen molar-refractivity contribution in [2.24, 2.45) is 0 Å². The van der Waals surface area contributed by atoms with E-state index in [1.54, 1.807) is 11.7 Å². The highest BCUT2D eigenvalue weighted by atomic mass is 32.2. The van der Waals surface area contributed by atoms with Gasteiger partial charge < -0.3 is 10.1 Å². The molecule has 166 valence electrons. The third kappa shape index (κ3) is 4.86. The van der Waals surface area contributed by atoms with Crippen molar-refractivity contribution in [3.63, 3.8) is 0 Å². The third-order valence-electron chi connectivity index (χ3n) is 5.46. The topological polar surface area (TPSA) is 73.2 Å². The van der Waals surface area contributed by atoms with E-state index < -0.39 is 5.25 Å². The molecule has 8 heteroatoms. The number of hydrogen-bond donors (Lipinski definition) is 1. The molecule has 0 radical (unpaired) electrons. The highest BCUT2D eigenvalue weighted by molar-refractivity contribution is 8.00. The Morgan fingerprint density at radius 2 is 2.00 bits per heavy atom. The van der Waals surface area contributed by atoms with Crippen LogP contribution >= 0.6 is 23.1 Å². The molecular weight excluding hydrogens is 430 g/mol. The van der Waals surface area contributed by atoms with Crippen molar-refractivity contribution < 1.29 is 9.53 Å². The van der Waals surface area contributed by atoms with Crippen LogP contribution in [0.3, 0.4) is 0 Å². The lowest BCUT2D eigenvalue weighted by atomic mass is 10.1. The van der Waals surface area contributed by atoms with E-state index in [-0.39, 0.29) is 11.5 Å². The van der Waals surface area contributed by atoms with Gasteiger partial charge in [-0.1, -0.05) is 23.9 Å². The standard InChI is InChI=1S/C23H29N3O3S2/c1-13-9-7-10-18(14(13)2)26-22(28)19-15(3)16(4)30-21(19)25-23(26)31-17(5)20(27)24-11-8-12-29-6/h7,9-10,17H,8,11-12H2,1-6H3,(H,24,27). The summed E-state index contributed by atoms with van der Waals surface area (Å²) in [6.07, 6.45) is 0.755. The van der Waals surface area contributed by atoms with Gasteiger partial charge in [0.25, 0.3) is 5.56 Å². The maximum atomic E-state index is 13.6. The normalized spacial score (nSPS) is 12.3. The number of rotatable bonds is 8. The van der Waals surface area contributed by atoms with Crippen LogP contribution in [0.15, 0.2) is 28.2 Å². The fraction of sp³-hybridized carbons (Fsp3) is 0.435. The number of ether oxygens (including phenoxy) is 1. The Morgan fingerprint density at radius 3 is 2.71 bits per heavy atom. The highest BCUT2D eigenvalue weighted by Gasteiger charge is 2.23. The molecule has 31 heavy (non-hydrogen) atoms. The molecule has 1 atom stereocenters. The van der Waals surface area contributed by atoms with Crippen LogP contribution in [0.25, 0.3) is 15.9 Å². The summed E-state index contributed by atoms with van der Waals surface area (Å²) >= 11 is 2.83. The molecular formula is C23H29N3O3S2. The summed E-state index contributed by atoms with van der Waals surface area (Å²) in [4.78, 5) is 32.9. The van der Waals surface area contributed by atoms with E-state index in [1.165, 1.54) is 23.1 Å². The fourth-order valence-corrected chi connectivity index (χ4v) is 5.34. The number of carbonyl (C=O) groups is 1. The maximum absolute atomic E-state index is 13.6. The zero-order valence-electron chi connectivity index (χ0n) is 18.9. The summed E-state index contributed by atoms with van der Waals surface area (Å²) < 4.78 is 6.70. The Hall–Kier alpha value is -2.16. The molecule has 1 N–H and O–H groups in total. The number of fused-ring (bicyclic) bond motifs is 1. The number of benzene rings is 1. The SMILES string of the molecule is COCCCNC(=O)C(C)Sc1nc2sc(C)c(C)c2c(=O)n1-c1cccc(C)c1C. The Kier molecular flexibility index (Phi) is 7.56. The van der Waals surface area contributed by atoms with Crippen LogP contribution < -0.4 is 10.9 Å². The van der Waals surface area contributed by atoms with Crippen molar-refractivity contribution in [1.82, 2.24) is 14.9 Å². The monoisotopic (exact) mass is 459 g/mol. The largest absolute Gasteiger partial charge is 0.385 e. The quantitative estimate of drug-likeness (QED) is 0.309. The highest BCUT2D eigenvalue weighted by Crippen LogP contribution is 2.31. The van der Waals surface area contributed by atoms with Gasteiger partial charge in [-0.2, -0.15) is 0 Å². The lowest BCUT2D eigenvalue weighted by molar-refractivity contribution is -0.120. The zero-order valence-corrected chi connectivity index (χ0v) is 20.5. The molecule has 0 saturated carbocycles. The summed E-state index contributed by atoms with van der Waals surface area (Å²) in [6.45, 7) is 11.0. The van der Waals surface area contributed by atoms with Gasteiger partial charge in [-0.3, -0.25) is 14.2 Å². The van der Waals surface area contributed by atoms with Crippen LogP contribution in [0.2, 0.25) is 0 Å². The summed E-state index contributed by atoms with van der Waals surface area (Å²) in [6, 6.07) is 5.91. The first-order chi connectivity index (χ1) is 14.8. The van der Waals surface area contributed by atoms with E-state index in [0.717, 1.165) is 38.5 Å². The van der Waals surface area contributed by atoms with Crippen LogP contribution in [0.5, 0.6) is 0 Å². The molecule has 0 saturated heterocycles. The van der Waals surface area contributed by atoms with E-state index >= 15 is 0 Å². The van der Waals surface area contributed by atoms with Crippen LogP contribution in [0, 0.1) is 27.7 Å². The van der Waals surface area contributed by atoms with Crippen LogP contribution in [0.1, 0.15) is 34.9 Å². The second-order valence-corrected chi connectivity index (χ2v) is 10.1. The molecule has 0 spiro atoms. The molecule has 0 fully saturated rings. The fourth-order valence-electron chi connectivity index (χ4n) is 3.33. The first-order valence-corrected chi connectivity index (χ1v) is 12.0. The van der Waals surface area contributed by atoms with Gasteiger partial charge in [-0.15, -0.1) is 11.3 Å². The Labute approximate surface area is 191 Å². The van der Waals surface area contributed by atoms with Crippen molar-refractivity contribution in [2.45, 2.75) is 51.4 Å². The van der Waals surface area contributed by atoms with Gasteiger partial charge in [0.05, 0.1) is 16.3 Å². The average Bonchev–Trinajstić information content (AvgIpc) is 3.01. The number of amides is 1. The minimum absolute atomic E-state index is 0.0819. The lowest BCUT2D eigenvalue weighted by Crippen LogP contribution is -2.33. The van der Waals surface area contributed by atoms with Crippen molar-refractivity contribution in [1.29, 1.82) is 0 Å². The predicted octanol–water partition coefficient (Wildman–Crippen LogP) is 4.31. The molecule has 1 amide bonds. The Balaban J connectivity index is 2.07. The first kappa shape index (κ1) is 23.5. The number of nitrogens with zero attached hydrogens (tertiary/aromatic N) is 2. The number of methoxy groups -OCH3 is 1. The molecule has 2 heterocycles. The smallest absolute Gasteiger partial charge is 0.267 e. The number of thioether (sulfide) groups is 1. The summed E-state index contributed by atoms with van der Waals surface area (Å²) in [5, 5.41) is 3.72. The Morgan fingerprint density at radius 1 is 1.26 bits per heavy atom. The van der Waals surface area contributed by atoms with Crippen LogP contribution in [0.4, 0.5) is 0 Å². The van der Waals surface area contributed by atoms with Gasteiger partial charge >= 0.3 is 0 Å². The second kappa shape index (κ2) is 9.97. The van der Waals surface area contributed by atoms with E-state index in [0.29, 0.717) is 23.7 Å². The van der Waals surface area contributed by atoms with Crippen molar-refractivity contribution >= 4 is 39.2 Å². The molecule has 1 aromatic carbocycles. The number of aryl methyl sites for hydroxylation is 3. The van der Waals surface area contributed by atoms with E-state index in [4.69, 9.17) is 9.72 Å². The number of hydrogen-bond acceptors (Lipinski definition) is 6. The van der Waals surface area contributed by atoms with Gasteiger partial charge in [0.1, 0.15) is 4.83 Å². The van der Waals surface area contributed by atoms with Crippen LogP contribution in [-0.4, -0.2) is 41.0 Å². The maximum Gasteiger partial charge on any atom is 0.267 e. The number of carbonyl (C=O) groups excluding carboxylic acids is 1. The second-order valence-electron chi connectivity index (χ2n) is 7.61. The van der Waals surface area contributed by atoms with E-state index in [1.807, 2.05) is 52.8 Å². The number of thiophene rings is 1. The third-order valence-corrected chi connectivity index (χ3v) is 7.62.